The van der Waals surface area contributed by atoms with E-state index in [1.54, 1.807) is 6.92 Å². The van der Waals surface area contributed by atoms with E-state index in [0.29, 0.717) is 23.7 Å². The molecule has 166 valence electrons. The number of fused-ring (bicyclic) bond motifs is 5. The summed E-state index contributed by atoms with van der Waals surface area (Å²) in [6, 6.07) is 0. The van der Waals surface area contributed by atoms with Gasteiger partial charge in [0.25, 0.3) is 0 Å². The summed E-state index contributed by atoms with van der Waals surface area (Å²) in [4.78, 5) is 35.9. The van der Waals surface area contributed by atoms with Crippen LogP contribution in [0.5, 0.6) is 0 Å². The number of allylic oxidation sites excluding steroid dienone is 1. The van der Waals surface area contributed by atoms with Gasteiger partial charge in [-0.1, -0.05) is 19.9 Å². The van der Waals surface area contributed by atoms with Crippen molar-refractivity contribution < 1.29 is 23.9 Å². The second-order valence-electron chi connectivity index (χ2n) is 10.7. The molecule has 4 aliphatic rings. The Hall–Kier alpha value is -1.65. The molecule has 0 saturated heterocycles. The minimum Gasteiger partial charge on any atom is -0.463 e. The lowest BCUT2D eigenvalue weighted by Crippen LogP contribution is -2.59. The highest BCUT2D eigenvalue weighted by Gasteiger charge is 2.63. The molecule has 5 heteroatoms. The molecule has 5 nitrogen and oxygen atoms in total. The van der Waals surface area contributed by atoms with Crippen molar-refractivity contribution in [2.75, 3.05) is 0 Å². The average molecular weight is 417 g/mol. The second kappa shape index (κ2) is 7.49. The molecule has 0 heterocycles. The number of rotatable bonds is 3. The molecule has 30 heavy (non-hydrogen) atoms. The Kier molecular flexibility index (Phi) is 5.39. The third-order valence-corrected chi connectivity index (χ3v) is 9.30. The van der Waals surface area contributed by atoms with Gasteiger partial charge in [0.1, 0.15) is 12.2 Å². The van der Waals surface area contributed by atoms with Crippen molar-refractivity contribution in [3.63, 3.8) is 0 Å². The number of hydrogen-bond acceptors (Lipinski definition) is 5. The largest absolute Gasteiger partial charge is 0.463 e. The normalized spacial score (nSPS) is 44.8. The lowest BCUT2D eigenvalue weighted by Gasteiger charge is -2.62. The third-order valence-electron chi connectivity index (χ3n) is 9.30. The Balaban J connectivity index is 1.64. The summed E-state index contributed by atoms with van der Waals surface area (Å²) < 4.78 is 11.5. The highest BCUT2D eigenvalue weighted by atomic mass is 16.5. The Labute approximate surface area is 179 Å². The second-order valence-corrected chi connectivity index (χ2v) is 10.7. The zero-order valence-corrected chi connectivity index (χ0v) is 19.0. The average Bonchev–Trinajstić information content (AvgIpc) is 3.01. The van der Waals surface area contributed by atoms with Crippen LogP contribution in [-0.2, 0) is 23.9 Å². The van der Waals surface area contributed by atoms with Crippen LogP contribution in [0.25, 0.3) is 0 Å². The molecule has 0 bridgehead atoms. The molecule has 0 amide bonds. The number of ketones is 1. The molecular formula is C25H36O5. The molecule has 0 aliphatic heterocycles. The van der Waals surface area contributed by atoms with Gasteiger partial charge in [-0.05, 0) is 81.0 Å². The van der Waals surface area contributed by atoms with E-state index in [2.05, 4.69) is 19.9 Å². The zero-order chi connectivity index (χ0) is 21.8. The Bertz CT molecular complexity index is 784. The van der Waals surface area contributed by atoms with Gasteiger partial charge in [0, 0.05) is 24.8 Å². The summed E-state index contributed by atoms with van der Waals surface area (Å²) in [5.41, 5.74) is 0.651. The van der Waals surface area contributed by atoms with Crippen LogP contribution in [0.3, 0.4) is 0 Å². The van der Waals surface area contributed by atoms with Crippen LogP contribution in [0.2, 0.25) is 0 Å². The quantitative estimate of drug-likeness (QED) is 0.628. The van der Waals surface area contributed by atoms with Crippen LogP contribution in [-0.4, -0.2) is 29.9 Å². The SMILES string of the molecule is CC(=O)O[C@H]1CC[C@]2(C)[C@@H](CC[C@@H]3[C@@H]2C[C@H](OC(C)=O)[C@@]2(C)C(C(C)=O)=CC[C@@H]32)C1. The van der Waals surface area contributed by atoms with Crippen LogP contribution < -0.4 is 0 Å². The minimum absolute atomic E-state index is 0.0349. The predicted molar refractivity (Wildman–Crippen MR) is 112 cm³/mol. The first-order chi connectivity index (χ1) is 14.1. The predicted octanol–water partition coefficient (Wildman–Crippen LogP) is 4.63. The van der Waals surface area contributed by atoms with E-state index in [-0.39, 0.29) is 40.8 Å². The van der Waals surface area contributed by atoms with Crippen LogP contribution in [0.15, 0.2) is 11.6 Å². The number of carbonyl (C=O) groups is 3. The van der Waals surface area contributed by atoms with Crippen molar-refractivity contribution in [1.82, 2.24) is 0 Å². The van der Waals surface area contributed by atoms with Crippen LogP contribution in [0.4, 0.5) is 0 Å². The number of Topliss-reactive ketones (excluding diaryl/α,β-unsaturated/α-hetero) is 1. The molecule has 4 aliphatic carbocycles. The summed E-state index contributed by atoms with van der Waals surface area (Å²) in [5.74, 6) is 1.55. The highest BCUT2D eigenvalue weighted by Crippen LogP contribution is 2.67. The van der Waals surface area contributed by atoms with Crippen molar-refractivity contribution >= 4 is 17.7 Å². The van der Waals surface area contributed by atoms with Gasteiger partial charge in [-0.15, -0.1) is 0 Å². The molecule has 3 saturated carbocycles. The van der Waals surface area contributed by atoms with E-state index >= 15 is 0 Å². The molecule has 0 aromatic rings. The third kappa shape index (κ3) is 3.23. The molecule has 3 fully saturated rings. The zero-order valence-electron chi connectivity index (χ0n) is 19.0. The number of hydrogen-bond donors (Lipinski definition) is 0. The van der Waals surface area contributed by atoms with Gasteiger partial charge in [0.2, 0.25) is 0 Å². The smallest absolute Gasteiger partial charge is 0.302 e. The first kappa shape index (κ1) is 21.6. The highest BCUT2D eigenvalue weighted by molar-refractivity contribution is 5.95. The van der Waals surface area contributed by atoms with Crippen molar-refractivity contribution in [3.05, 3.63) is 11.6 Å². The molecule has 0 N–H and O–H groups in total. The topological polar surface area (TPSA) is 69.7 Å². The maximum atomic E-state index is 12.5. The first-order valence-corrected chi connectivity index (χ1v) is 11.6. The van der Waals surface area contributed by atoms with E-state index in [1.807, 2.05) is 0 Å². The fourth-order valence-electron chi connectivity index (χ4n) is 7.98. The lowest BCUT2D eigenvalue weighted by atomic mass is 9.44. The van der Waals surface area contributed by atoms with Crippen molar-refractivity contribution in [2.45, 2.75) is 91.8 Å². The maximum Gasteiger partial charge on any atom is 0.302 e. The van der Waals surface area contributed by atoms with Gasteiger partial charge in [-0.3, -0.25) is 14.4 Å². The summed E-state index contributed by atoms with van der Waals surface area (Å²) in [7, 11) is 0. The molecule has 4 rings (SSSR count). The standard InChI is InChI=1S/C25H36O5/c1-14(26)20-8-9-21-19-7-6-17-12-18(29-15(2)27)10-11-24(17,4)22(19)13-23(25(20,21)5)30-16(3)28/h8,17-19,21-23H,6-7,9-13H2,1-5H3/t17-,18-,19-,21-,22-,23-,24+,25-/m0/s1. The molecule has 0 aromatic heterocycles. The van der Waals surface area contributed by atoms with Crippen molar-refractivity contribution in [2.24, 2.45) is 34.5 Å². The molecule has 0 unspecified atom stereocenters. The lowest BCUT2D eigenvalue weighted by molar-refractivity contribution is -0.185. The monoisotopic (exact) mass is 416 g/mol. The van der Waals surface area contributed by atoms with Gasteiger partial charge >= 0.3 is 11.9 Å². The fraction of sp³-hybridized carbons (Fsp3) is 0.800. The van der Waals surface area contributed by atoms with Gasteiger partial charge in [0.05, 0.1) is 0 Å². The number of ether oxygens (including phenoxy) is 2. The van der Waals surface area contributed by atoms with Crippen LogP contribution >= 0.6 is 0 Å². The summed E-state index contributed by atoms with van der Waals surface area (Å²) >= 11 is 0. The Morgan fingerprint density at radius 2 is 1.63 bits per heavy atom. The Morgan fingerprint density at radius 1 is 0.933 bits per heavy atom. The number of carbonyl (C=O) groups excluding carboxylic acids is 3. The van der Waals surface area contributed by atoms with Crippen molar-refractivity contribution in [3.8, 4) is 0 Å². The van der Waals surface area contributed by atoms with E-state index in [9.17, 15) is 14.4 Å². The molecular weight excluding hydrogens is 380 g/mol. The molecule has 8 atom stereocenters. The molecule has 0 radical (unpaired) electrons. The molecule has 0 aromatic carbocycles. The summed E-state index contributed by atoms with van der Waals surface area (Å²) in [6.45, 7) is 9.20. The van der Waals surface area contributed by atoms with Crippen molar-refractivity contribution in [1.29, 1.82) is 0 Å². The first-order valence-electron chi connectivity index (χ1n) is 11.6. The number of esters is 2. The summed E-state index contributed by atoms with van der Waals surface area (Å²) in [5, 5.41) is 0. The van der Waals surface area contributed by atoms with E-state index in [1.165, 1.54) is 13.8 Å². The van der Waals surface area contributed by atoms with Gasteiger partial charge in [0.15, 0.2) is 5.78 Å². The fourth-order valence-corrected chi connectivity index (χ4v) is 7.98. The summed E-state index contributed by atoms with van der Waals surface area (Å²) in [6.07, 6.45) is 8.82. The van der Waals surface area contributed by atoms with E-state index in [4.69, 9.17) is 9.47 Å². The maximum absolute atomic E-state index is 12.5. The minimum atomic E-state index is -0.378. The van der Waals surface area contributed by atoms with Gasteiger partial charge in [-0.25, -0.2) is 0 Å². The van der Waals surface area contributed by atoms with E-state index in [0.717, 1.165) is 50.5 Å². The van der Waals surface area contributed by atoms with Crippen LogP contribution in [0.1, 0.15) is 79.6 Å². The van der Waals surface area contributed by atoms with Crippen LogP contribution in [0, 0.1) is 34.5 Å². The van der Waals surface area contributed by atoms with E-state index < -0.39 is 0 Å². The van der Waals surface area contributed by atoms with Gasteiger partial charge in [-0.2, -0.15) is 0 Å². The Morgan fingerprint density at radius 3 is 2.27 bits per heavy atom. The molecule has 0 spiro atoms. The van der Waals surface area contributed by atoms with Gasteiger partial charge < -0.3 is 9.47 Å².